The molecule has 2 fully saturated rings. The molecule has 1 aromatic rings. The predicted octanol–water partition coefficient (Wildman–Crippen LogP) is 1.83. The molecule has 138 valence electrons. The van der Waals surface area contributed by atoms with Crippen molar-refractivity contribution in [1.29, 1.82) is 0 Å². The third kappa shape index (κ3) is 1.66. The molecule has 1 heterocycles. The number of nitrogens with two attached hydrogens (primary N) is 1. The maximum absolute atomic E-state index is 12.0. The predicted molar refractivity (Wildman–Crippen MR) is 96.0 cm³/mol. The smallest absolute Gasteiger partial charge is 0.252 e. The Kier molecular flexibility index (Phi) is 3.21. The number of aliphatic hydroxyl groups is 2. The van der Waals surface area contributed by atoms with Gasteiger partial charge in [0.25, 0.3) is 5.91 Å². The Balaban J connectivity index is 1.79. The maximum atomic E-state index is 12.0. The van der Waals surface area contributed by atoms with Crippen LogP contribution in [-0.2, 0) is 11.8 Å². The highest BCUT2D eigenvalue weighted by atomic mass is 16.5. The van der Waals surface area contributed by atoms with Crippen molar-refractivity contribution in [3.63, 3.8) is 0 Å². The Morgan fingerprint density at radius 3 is 2.92 bits per heavy atom. The lowest BCUT2D eigenvalue weighted by atomic mass is 9.43. The number of allylic oxidation sites excluding steroid dienone is 1. The molecule has 3 aliphatic carbocycles. The number of primary amides is 1. The summed E-state index contributed by atoms with van der Waals surface area (Å²) in [4.78, 5) is 12.0. The molecule has 2 bridgehead atoms. The van der Waals surface area contributed by atoms with E-state index in [0.29, 0.717) is 30.1 Å². The Morgan fingerprint density at radius 1 is 1.38 bits per heavy atom. The van der Waals surface area contributed by atoms with Gasteiger partial charge in [0.15, 0.2) is 0 Å². The van der Waals surface area contributed by atoms with Gasteiger partial charge in [-0.05, 0) is 62.0 Å². The van der Waals surface area contributed by atoms with E-state index in [1.165, 1.54) is 0 Å². The van der Waals surface area contributed by atoms with E-state index in [1.807, 2.05) is 12.1 Å². The van der Waals surface area contributed by atoms with E-state index in [0.717, 1.165) is 36.8 Å². The van der Waals surface area contributed by atoms with E-state index in [4.69, 9.17) is 10.5 Å². The van der Waals surface area contributed by atoms with Gasteiger partial charge < -0.3 is 20.7 Å². The molecule has 1 amide bonds. The first kappa shape index (κ1) is 16.3. The molecule has 4 aliphatic rings. The van der Waals surface area contributed by atoms with Gasteiger partial charge in [0.2, 0.25) is 0 Å². The van der Waals surface area contributed by atoms with Gasteiger partial charge in [0.1, 0.15) is 11.9 Å². The van der Waals surface area contributed by atoms with Gasteiger partial charge in [-0.2, -0.15) is 0 Å². The number of hydrogen-bond acceptors (Lipinski definition) is 4. The van der Waals surface area contributed by atoms with E-state index >= 15 is 0 Å². The highest BCUT2D eigenvalue weighted by Gasteiger charge is 2.72. The number of aliphatic hydroxyl groups excluding tert-OH is 1. The Labute approximate surface area is 152 Å². The topological polar surface area (TPSA) is 92.8 Å². The van der Waals surface area contributed by atoms with Crippen LogP contribution in [0.2, 0.25) is 0 Å². The average molecular weight is 355 g/mol. The molecular weight excluding hydrogens is 330 g/mol. The van der Waals surface area contributed by atoms with E-state index in [-0.39, 0.29) is 5.92 Å². The van der Waals surface area contributed by atoms with Gasteiger partial charge in [0.05, 0.1) is 22.7 Å². The second-order valence-electron chi connectivity index (χ2n) is 8.51. The van der Waals surface area contributed by atoms with E-state index in [2.05, 4.69) is 6.58 Å². The first-order chi connectivity index (χ1) is 12.4. The van der Waals surface area contributed by atoms with Crippen LogP contribution in [0.4, 0.5) is 0 Å². The van der Waals surface area contributed by atoms with Crippen molar-refractivity contribution >= 4 is 5.91 Å². The summed E-state index contributed by atoms with van der Waals surface area (Å²) in [5.74, 6) is 0.469. The Bertz CT molecular complexity index is 820. The number of benzene rings is 1. The fourth-order valence-electron chi connectivity index (χ4n) is 6.65. The number of carbonyl (C=O) groups is 1. The molecular formula is C21H25NO4. The molecule has 4 N–H and O–H groups in total. The summed E-state index contributed by atoms with van der Waals surface area (Å²) in [5, 5.41) is 22.8. The molecule has 0 aromatic heterocycles. The minimum absolute atomic E-state index is 0.116. The molecule has 6 unspecified atom stereocenters. The molecule has 26 heavy (non-hydrogen) atoms. The van der Waals surface area contributed by atoms with Gasteiger partial charge in [-0.1, -0.05) is 12.1 Å². The molecule has 5 rings (SSSR count). The van der Waals surface area contributed by atoms with Gasteiger partial charge in [-0.3, -0.25) is 4.79 Å². The number of ether oxygens (including phenoxy) is 1. The van der Waals surface area contributed by atoms with Crippen LogP contribution >= 0.6 is 0 Å². The third-order valence-electron chi connectivity index (χ3n) is 7.63. The van der Waals surface area contributed by atoms with Crippen LogP contribution in [0.15, 0.2) is 24.8 Å². The minimum atomic E-state index is -0.919. The van der Waals surface area contributed by atoms with Crippen LogP contribution < -0.4 is 10.5 Å². The number of hydrogen-bond donors (Lipinski definition) is 3. The normalized spacial score (nSPS) is 41.9. The number of amides is 1. The van der Waals surface area contributed by atoms with E-state index in [9.17, 15) is 15.0 Å². The van der Waals surface area contributed by atoms with Gasteiger partial charge in [0, 0.05) is 5.56 Å². The molecule has 5 nitrogen and oxygen atoms in total. The molecule has 0 radical (unpaired) electrons. The van der Waals surface area contributed by atoms with Crippen LogP contribution in [0.3, 0.4) is 0 Å². The number of carbonyl (C=O) groups excluding carboxylic acids is 1. The SMILES string of the molecule is C=CCC1CCC23c4c5ccc(C(N)=O)c4OC2C(O)CCC3(O)C1C5. The third-order valence-corrected chi connectivity index (χ3v) is 7.63. The van der Waals surface area contributed by atoms with Crippen LogP contribution in [0.25, 0.3) is 0 Å². The largest absolute Gasteiger partial charge is 0.486 e. The zero-order chi connectivity index (χ0) is 18.3. The zero-order valence-electron chi connectivity index (χ0n) is 14.8. The highest BCUT2D eigenvalue weighted by molar-refractivity contribution is 5.97. The van der Waals surface area contributed by atoms with Crippen molar-refractivity contribution in [2.45, 2.75) is 61.7 Å². The Morgan fingerprint density at radius 2 is 2.19 bits per heavy atom. The van der Waals surface area contributed by atoms with Crippen molar-refractivity contribution in [3.05, 3.63) is 41.5 Å². The van der Waals surface area contributed by atoms with Crippen LogP contribution in [0.1, 0.15) is 53.6 Å². The van der Waals surface area contributed by atoms with Crippen LogP contribution in [0, 0.1) is 11.8 Å². The van der Waals surface area contributed by atoms with Gasteiger partial charge >= 0.3 is 0 Å². The number of rotatable bonds is 3. The lowest BCUT2D eigenvalue weighted by Gasteiger charge is -2.63. The molecule has 2 saturated carbocycles. The fraction of sp³-hybridized carbons (Fsp3) is 0.571. The first-order valence-electron chi connectivity index (χ1n) is 9.58. The van der Waals surface area contributed by atoms with E-state index in [1.54, 1.807) is 6.07 Å². The van der Waals surface area contributed by atoms with Crippen molar-refractivity contribution < 1.29 is 19.7 Å². The minimum Gasteiger partial charge on any atom is -0.486 e. The highest BCUT2D eigenvalue weighted by Crippen LogP contribution is 2.67. The zero-order valence-corrected chi connectivity index (χ0v) is 14.8. The first-order valence-corrected chi connectivity index (χ1v) is 9.58. The maximum Gasteiger partial charge on any atom is 0.252 e. The summed E-state index contributed by atoms with van der Waals surface area (Å²) in [6.45, 7) is 3.90. The van der Waals surface area contributed by atoms with Crippen molar-refractivity contribution in [3.8, 4) is 5.75 Å². The summed E-state index contributed by atoms with van der Waals surface area (Å²) in [6.07, 6.45) is 5.23. The van der Waals surface area contributed by atoms with Gasteiger partial charge in [-0.25, -0.2) is 0 Å². The average Bonchev–Trinajstić information content (AvgIpc) is 2.95. The standard InChI is InChI=1S/C21H25NO4/c1-2-3-11-6-8-20-16-12-4-5-13(19(22)24)17(16)26-18(20)15(23)7-9-21(20,25)14(11)10-12/h2,4-5,11,14-15,18,23,25H,1,3,6-10H2,(H2,22,24). The lowest BCUT2D eigenvalue weighted by molar-refractivity contribution is -0.208. The second kappa shape index (κ2) is 5.11. The second-order valence-corrected chi connectivity index (χ2v) is 8.51. The van der Waals surface area contributed by atoms with Crippen molar-refractivity contribution in [2.24, 2.45) is 17.6 Å². The molecule has 5 heteroatoms. The van der Waals surface area contributed by atoms with Gasteiger partial charge in [-0.15, -0.1) is 6.58 Å². The molecule has 1 aromatic carbocycles. The van der Waals surface area contributed by atoms with E-state index < -0.39 is 29.1 Å². The molecule has 1 spiro atoms. The van der Waals surface area contributed by atoms with Crippen molar-refractivity contribution in [2.75, 3.05) is 0 Å². The fourth-order valence-corrected chi connectivity index (χ4v) is 6.65. The molecule has 1 aliphatic heterocycles. The molecule has 6 atom stereocenters. The summed E-state index contributed by atoms with van der Waals surface area (Å²) in [7, 11) is 0. The van der Waals surface area contributed by atoms with Crippen molar-refractivity contribution in [1.82, 2.24) is 0 Å². The monoisotopic (exact) mass is 355 g/mol. The molecule has 0 saturated heterocycles. The summed E-state index contributed by atoms with van der Waals surface area (Å²) in [5.41, 5.74) is 6.45. The lowest BCUT2D eigenvalue weighted by Crippen LogP contribution is -2.72. The quantitative estimate of drug-likeness (QED) is 0.721. The van der Waals surface area contributed by atoms with Crippen LogP contribution in [0.5, 0.6) is 5.75 Å². The van der Waals surface area contributed by atoms with Crippen LogP contribution in [-0.4, -0.2) is 33.9 Å². The summed E-state index contributed by atoms with van der Waals surface area (Å²) >= 11 is 0. The summed E-state index contributed by atoms with van der Waals surface area (Å²) in [6, 6.07) is 3.70. The summed E-state index contributed by atoms with van der Waals surface area (Å²) < 4.78 is 6.21. The Hall–Kier alpha value is -1.85.